The highest BCUT2D eigenvalue weighted by Crippen LogP contribution is 2.30. The van der Waals surface area contributed by atoms with Crippen LogP contribution in [-0.2, 0) is 7.05 Å². The topological polar surface area (TPSA) is 43.8 Å². The Morgan fingerprint density at radius 3 is 2.78 bits per heavy atom. The third-order valence-electron chi connectivity index (χ3n) is 3.01. The van der Waals surface area contributed by atoms with Gasteiger partial charge in [0.25, 0.3) is 0 Å². The molecule has 0 saturated carbocycles. The van der Waals surface area contributed by atoms with E-state index in [1.807, 2.05) is 25.4 Å². The van der Waals surface area contributed by atoms with Crippen LogP contribution in [0, 0.1) is 5.82 Å². The number of hydrogen-bond donors (Lipinski definition) is 1. The molecule has 3 nitrogen and oxygen atoms in total. The van der Waals surface area contributed by atoms with Crippen molar-refractivity contribution in [3.05, 3.63) is 48.5 Å². The minimum Gasteiger partial charge on any atom is -0.397 e. The average Bonchev–Trinajstić information content (AvgIpc) is 2.69. The molecule has 2 aromatic heterocycles. The van der Waals surface area contributed by atoms with Crippen LogP contribution in [0.15, 0.2) is 42.7 Å². The second kappa shape index (κ2) is 3.84. The Bertz CT molecular complexity index is 714. The minimum atomic E-state index is -0.225. The number of aromatic nitrogens is 2. The maximum atomic E-state index is 13.8. The van der Waals surface area contributed by atoms with Crippen molar-refractivity contribution in [1.82, 2.24) is 9.55 Å². The SMILES string of the molecule is Cn1cc(-c2ccc(N)cn2)c2cccc(F)c21. The van der Waals surface area contributed by atoms with Gasteiger partial charge in [-0.1, -0.05) is 12.1 Å². The summed E-state index contributed by atoms with van der Waals surface area (Å²) in [6.45, 7) is 0. The van der Waals surface area contributed by atoms with Crippen LogP contribution in [0.3, 0.4) is 0 Å². The second-order valence-electron chi connectivity index (χ2n) is 4.27. The van der Waals surface area contributed by atoms with Crippen molar-refractivity contribution in [3.8, 4) is 11.3 Å². The van der Waals surface area contributed by atoms with Gasteiger partial charge in [0, 0.05) is 24.2 Å². The smallest absolute Gasteiger partial charge is 0.147 e. The number of nitrogens with two attached hydrogens (primary N) is 1. The fourth-order valence-corrected chi connectivity index (χ4v) is 2.19. The summed E-state index contributed by atoms with van der Waals surface area (Å²) in [5, 5.41) is 0.856. The van der Waals surface area contributed by atoms with E-state index in [9.17, 15) is 4.39 Å². The monoisotopic (exact) mass is 241 g/mol. The van der Waals surface area contributed by atoms with Crippen LogP contribution >= 0.6 is 0 Å². The van der Waals surface area contributed by atoms with Gasteiger partial charge in [-0.3, -0.25) is 4.98 Å². The number of nitrogen functional groups attached to an aromatic ring is 1. The van der Waals surface area contributed by atoms with Crippen LogP contribution in [0.4, 0.5) is 10.1 Å². The molecule has 18 heavy (non-hydrogen) atoms. The molecular weight excluding hydrogens is 229 g/mol. The van der Waals surface area contributed by atoms with Crippen LogP contribution in [0.5, 0.6) is 0 Å². The predicted molar refractivity (Wildman–Crippen MR) is 70.5 cm³/mol. The summed E-state index contributed by atoms with van der Waals surface area (Å²) in [4.78, 5) is 4.28. The molecule has 0 aliphatic carbocycles. The van der Waals surface area contributed by atoms with E-state index in [2.05, 4.69) is 4.98 Å². The summed E-state index contributed by atoms with van der Waals surface area (Å²) in [6, 6.07) is 8.70. The zero-order chi connectivity index (χ0) is 12.7. The van der Waals surface area contributed by atoms with Gasteiger partial charge in [-0.05, 0) is 18.2 Å². The molecule has 0 bridgehead atoms. The van der Waals surface area contributed by atoms with Crippen LogP contribution in [0.25, 0.3) is 22.2 Å². The molecule has 2 N–H and O–H groups in total. The van der Waals surface area contributed by atoms with Gasteiger partial charge in [0.15, 0.2) is 0 Å². The zero-order valence-corrected chi connectivity index (χ0v) is 9.89. The number of nitrogens with zero attached hydrogens (tertiary/aromatic N) is 2. The lowest BCUT2D eigenvalue weighted by Gasteiger charge is -1.99. The molecule has 1 aromatic carbocycles. The number of benzene rings is 1. The van der Waals surface area contributed by atoms with Gasteiger partial charge in [-0.2, -0.15) is 0 Å². The fraction of sp³-hybridized carbons (Fsp3) is 0.0714. The standard InChI is InChI=1S/C14H12FN3/c1-18-8-11(13-6-5-9(16)7-17-13)10-3-2-4-12(15)14(10)18/h2-8H,16H2,1H3. The van der Waals surface area contributed by atoms with E-state index in [0.29, 0.717) is 11.2 Å². The fourth-order valence-electron chi connectivity index (χ4n) is 2.19. The summed E-state index contributed by atoms with van der Waals surface area (Å²) in [6.07, 6.45) is 3.49. The average molecular weight is 241 g/mol. The van der Waals surface area contributed by atoms with Gasteiger partial charge in [0.2, 0.25) is 0 Å². The molecular formula is C14H12FN3. The van der Waals surface area contributed by atoms with Crippen LogP contribution < -0.4 is 5.73 Å². The number of para-hydroxylation sites is 1. The maximum Gasteiger partial charge on any atom is 0.147 e. The lowest BCUT2D eigenvalue weighted by Crippen LogP contribution is -1.87. The van der Waals surface area contributed by atoms with E-state index in [1.165, 1.54) is 6.07 Å². The Labute approximate surface area is 104 Å². The quantitative estimate of drug-likeness (QED) is 0.711. The van der Waals surface area contributed by atoms with Crippen LogP contribution in [0.2, 0.25) is 0 Å². The van der Waals surface area contributed by atoms with Gasteiger partial charge in [-0.25, -0.2) is 4.39 Å². The van der Waals surface area contributed by atoms with Crippen molar-refractivity contribution in [1.29, 1.82) is 0 Å². The molecule has 3 aromatic rings. The van der Waals surface area contributed by atoms with Crippen molar-refractivity contribution in [2.75, 3.05) is 5.73 Å². The molecule has 0 spiro atoms. The summed E-state index contributed by atoms with van der Waals surface area (Å²) < 4.78 is 15.6. The molecule has 0 radical (unpaired) electrons. The third-order valence-corrected chi connectivity index (χ3v) is 3.01. The Morgan fingerprint density at radius 1 is 1.22 bits per heavy atom. The highest BCUT2D eigenvalue weighted by Gasteiger charge is 2.12. The van der Waals surface area contributed by atoms with Crippen molar-refractivity contribution < 1.29 is 4.39 Å². The van der Waals surface area contributed by atoms with E-state index in [-0.39, 0.29) is 5.82 Å². The first-order valence-corrected chi connectivity index (χ1v) is 5.62. The number of pyridine rings is 1. The third kappa shape index (κ3) is 1.54. The van der Waals surface area contributed by atoms with Gasteiger partial charge in [0.05, 0.1) is 23.1 Å². The van der Waals surface area contributed by atoms with E-state index >= 15 is 0 Å². The maximum absolute atomic E-state index is 13.8. The molecule has 0 aliphatic rings. The number of halogens is 1. The first-order valence-electron chi connectivity index (χ1n) is 5.62. The number of hydrogen-bond acceptors (Lipinski definition) is 2. The van der Waals surface area contributed by atoms with Crippen molar-refractivity contribution >= 4 is 16.6 Å². The number of rotatable bonds is 1. The number of anilines is 1. The predicted octanol–water partition coefficient (Wildman–Crippen LogP) is 2.96. The molecule has 90 valence electrons. The lowest BCUT2D eigenvalue weighted by molar-refractivity contribution is 0.632. The van der Waals surface area contributed by atoms with Gasteiger partial charge in [-0.15, -0.1) is 0 Å². The molecule has 0 atom stereocenters. The molecule has 0 unspecified atom stereocenters. The highest BCUT2D eigenvalue weighted by molar-refractivity contribution is 5.95. The summed E-state index contributed by atoms with van der Waals surface area (Å²) in [5.41, 5.74) is 8.53. The van der Waals surface area contributed by atoms with Crippen LogP contribution in [0.1, 0.15) is 0 Å². The normalized spacial score (nSPS) is 11.0. The Morgan fingerprint density at radius 2 is 2.06 bits per heavy atom. The largest absolute Gasteiger partial charge is 0.397 e. The number of aryl methyl sites for hydroxylation is 1. The lowest BCUT2D eigenvalue weighted by atomic mass is 10.1. The first kappa shape index (κ1) is 10.8. The molecule has 0 aliphatic heterocycles. The second-order valence-corrected chi connectivity index (χ2v) is 4.27. The Kier molecular flexibility index (Phi) is 2.30. The van der Waals surface area contributed by atoms with Crippen molar-refractivity contribution in [2.45, 2.75) is 0 Å². The van der Waals surface area contributed by atoms with E-state index in [1.54, 1.807) is 22.9 Å². The molecule has 0 fully saturated rings. The Balaban J connectivity index is 2.30. The Hall–Kier alpha value is -2.36. The van der Waals surface area contributed by atoms with Crippen molar-refractivity contribution in [3.63, 3.8) is 0 Å². The molecule has 3 rings (SSSR count). The highest BCUT2D eigenvalue weighted by atomic mass is 19.1. The van der Waals surface area contributed by atoms with Gasteiger partial charge < -0.3 is 10.3 Å². The summed E-state index contributed by atoms with van der Waals surface area (Å²) in [5.74, 6) is -0.225. The van der Waals surface area contributed by atoms with Gasteiger partial charge >= 0.3 is 0 Å². The minimum absolute atomic E-state index is 0.225. The van der Waals surface area contributed by atoms with E-state index in [0.717, 1.165) is 16.6 Å². The van der Waals surface area contributed by atoms with Gasteiger partial charge in [0.1, 0.15) is 5.82 Å². The summed E-state index contributed by atoms with van der Waals surface area (Å²) >= 11 is 0. The molecule has 2 heterocycles. The first-order chi connectivity index (χ1) is 8.66. The van der Waals surface area contributed by atoms with E-state index < -0.39 is 0 Å². The summed E-state index contributed by atoms with van der Waals surface area (Å²) in [7, 11) is 1.83. The molecule has 0 amide bonds. The van der Waals surface area contributed by atoms with Crippen molar-refractivity contribution in [2.24, 2.45) is 7.05 Å². The van der Waals surface area contributed by atoms with Crippen LogP contribution in [-0.4, -0.2) is 9.55 Å². The molecule has 4 heteroatoms. The molecule has 0 saturated heterocycles. The zero-order valence-electron chi connectivity index (χ0n) is 9.89. The van der Waals surface area contributed by atoms with E-state index in [4.69, 9.17) is 5.73 Å². The number of fused-ring (bicyclic) bond motifs is 1.